The lowest BCUT2D eigenvalue weighted by Gasteiger charge is -2.15. The van der Waals surface area contributed by atoms with E-state index in [0.717, 1.165) is 52.0 Å². The molecule has 32 heavy (non-hydrogen) atoms. The van der Waals surface area contributed by atoms with E-state index in [1.54, 1.807) is 18.2 Å². The van der Waals surface area contributed by atoms with Gasteiger partial charge in [-0.1, -0.05) is 36.4 Å². The topological polar surface area (TPSA) is 69.9 Å². The molecule has 0 saturated carbocycles. The highest BCUT2D eigenvalue weighted by atomic mass is 16.5. The fraction of sp³-hybridized carbons (Fsp3) is 0.143. The SMILES string of the molecule is Oc1ccc2c(c1)CCc1ccc(cc1O)Oc1cccc(c1)CCc1ccc-2c(O)c1. The van der Waals surface area contributed by atoms with E-state index in [2.05, 4.69) is 6.07 Å². The van der Waals surface area contributed by atoms with E-state index < -0.39 is 0 Å². The lowest BCUT2D eigenvalue weighted by atomic mass is 9.92. The average Bonchev–Trinajstić information content (AvgIpc) is 2.77. The zero-order valence-electron chi connectivity index (χ0n) is 17.6. The lowest BCUT2D eigenvalue weighted by molar-refractivity contribution is 0.449. The van der Waals surface area contributed by atoms with Crippen molar-refractivity contribution in [3.05, 3.63) is 101 Å². The molecule has 0 aromatic heterocycles. The van der Waals surface area contributed by atoms with Crippen LogP contribution in [0, 0.1) is 0 Å². The summed E-state index contributed by atoms with van der Waals surface area (Å²) in [5.74, 6) is 1.88. The summed E-state index contributed by atoms with van der Waals surface area (Å²) in [5.41, 5.74) is 5.50. The van der Waals surface area contributed by atoms with Crippen LogP contribution >= 0.6 is 0 Å². The van der Waals surface area contributed by atoms with Gasteiger partial charge in [-0.05, 0) is 89.9 Å². The third kappa shape index (κ3) is 4.12. The van der Waals surface area contributed by atoms with Gasteiger partial charge >= 0.3 is 0 Å². The molecule has 4 aliphatic heterocycles. The fourth-order valence-corrected chi connectivity index (χ4v) is 4.29. The van der Waals surface area contributed by atoms with E-state index in [1.165, 1.54) is 0 Å². The predicted octanol–water partition coefficient (Wildman–Crippen LogP) is 6.15. The number of benzene rings is 4. The van der Waals surface area contributed by atoms with E-state index in [9.17, 15) is 15.3 Å². The van der Waals surface area contributed by atoms with Crippen LogP contribution in [0.15, 0.2) is 78.9 Å². The van der Waals surface area contributed by atoms with Gasteiger partial charge in [-0.25, -0.2) is 0 Å². The van der Waals surface area contributed by atoms with Crippen LogP contribution in [0.2, 0.25) is 0 Å². The minimum atomic E-state index is 0.175. The Kier molecular flexibility index (Phi) is 5.20. The van der Waals surface area contributed by atoms with Crippen molar-refractivity contribution in [3.8, 4) is 39.9 Å². The molecule has 4 aliphatic rings. The second kappa shape index (κ2) is 8.31. The number of hydrogen-bond donors (Lipinski definition) is 3. The maximum absolute atomic E-state index is 10.8. The Morgan fingerprint density at radius 1 is 0.531 bits per heavy atom. The monoisotopic (exact) mass is 424 g/mol. The smallest absolute Gasteiger partial charge is 0.131 e. The van der Waals surface area contributed by atoms with Crippen molar-refractivity contribution in [3.63, 3.8) is 0 Å². The summed E-state index contributed by atoms with van der Waals surface area (Å²) in [7, 11) is 0. The van der Waals surface area contributed by atoms with Gasteiger partial charge in [0.2, 0.25) is 0 Å². The molecule has 3 N–H and O–H groups in total. The van der Waals surface area contributed by atoms with Gasteiger partial charge in [0.25, 0.3) is 0 Å². The molecule has 0 aliphatic carbocycles. The molecule has 0 atom stereocenters. The Hall–Kier alpha value is -3.92. The molecule has 0 amide bonds. The first-order chi connectivity index (χ1) is 15.5. The molecule has 4 heterocycles. The first-order valence-electron chi connectivity index (χ1n) is 10.8. The summed E-state index contributed by atoms with van der Waals surface area (Å²) in [6, 6.07) is 24.3. The van der Waals surface area contributed by atoms with Gasteiger partial charge in [-0.2, -0.15) is 0 Å². The number of ether oxygens (including phenoxy) is 1. The normalized spacial score (nSPS) is 13.1. The summed E-state index contributed by atoms with van der Waals surface area (Å²) in [4.78, 5) is 0. The molecule has 0 saturated heterocycles. The standard InChI is InChI=1S/C28H24O4/c29-22-10-13-25-21(16-22)8-7-20-9-11-24(17-27(20)30)32-23-3-1-2-18(14-23)4-5-19-6-12-26(25)28(31)15-19/h1-3,6,9-17,29-31H,4-5,7-8H2. The molecule has 0 radical (unpaired) electrons. The van der Waals surface area contributed by atoms with Crippen molar-refractivity contribution in [2.24, 2.45) is 0 Å². The number of aromatic hydroxyl groups is 3. The number of aryl methyl sites for hydroxylation is 4. The number of rotatable bonds is 0. The molecular formula is C28H24O4. The van der Waals surface area contributed by atoms with Crippen LogP contribution in [-0.4, -0.2) is 15.3 Å². The lowest BCUT2D eigenvalue weighted by Crippen LogP contribution is -1.97. The highest BCUT2D eigenvalue weighted by Crippen LogP contribution is 2.36. The first-order valence-corrected chi connectivity index (χ1v) is 10.8. The zero-order chi connectivity index (χ0) is 22.1. The van der Waals surface area contributed by atoms with Crippen molar-refractivity contribution in [2.45, 2.75) is 25.7 Å². The summed E-state index contributed by atoms with van der Waals surface area (Å²) < 4.78 is 5.98. The maximum Gasteiger partial charge on any atom is 0.131 e. The van der Waals surface area contributed by atoms with Gasteiger partial charge in [-0.15, -0.1) is 0 Å². The highest BCUT2D eigenvalue weighted by Gasteiger charge is 2.13. The van der Waals surface area contributed by atoms with E-state index in [0.29, 0.717) is 18.6 Å². The van der Waals surface area contributed by atoms with E-state index in [-0.39, 0.29) is 17.2 Å². The Labute approximate surface area is 187 Å². The van der Waals surface area contributed by atoms with Crippen LogP contribution in [-0.2, 0) is 25.7 Å². The van der Waals surface area contributed by atoms with Gasteiger partial charge in [0, 0.05) is 11.6 Å². The van der Waals surface area contributed by atoms with Crippen LogP contribution in [0.1, 0.15) is 22.3 Å². The van der Waals surface area contributed by atoms with Crippen molar-refractivity contribution in [2.75, 3.05) is 0 Å². The number of phenols is 3. The van der Waals surface area contributed by atoms with Gasteiger partial charge in [0.1, 0.15) is 28.7 Å². The molecule has 4 aromatic rings. The second-order valence-electron chi connectivity index (χ2n) is 8.23. The van der Waals surface area contributed by atoms with Crippen LogP contribution in [0.4, 0.5) is 0 Å². The summed E-state index contributed by atoms with van der Waals surface area (Å²) in [6.45, 7) is 0. The Balaban J connectivity index is 1.60. The molecule has 4 aromatic carbocycles. The van der Waals surface area contributed by atoms with Gasteiger partial charge in [0.15, 0.2) is 0 Å². The van der Waals surface area contributed by atoms with Crippen LogP contribution in [0.3, 0.4) is 0 Å². The van der Waals surface area contributed by atoms with Crippen molar-refractivity contribution < 1.29 is 20.1 Å². The predicted molar refractivity (Wildman–Crippen MR) is 125 cm³/mol. The van der Waals surface area contributed by atoms with E-state index in [1.807, 2.05) is 54.6 Å². The second-order valence-corrected chi connectivity index (χ2v) is 8.23. The maximum atomic E-state index is 10.8. The largest absolute Gasteiger partial charge is 0.508 e. The van der Waals surface area contributed by atoms with Crippen molar-refractivity contribution >= 4 is 0 Å². The quantitative estimate of drug-likeness (QED) is 0.317. The number of phenolic OH excluding ortho intramolecular Hbond substituents is 3. The van der Waals surface area contributed by atoms with Crippen LogP contribution < -0.4 is 4.74 Å². The minimum Gasteiger partial charge on any atom is -0.508 e. The van der Waals surface area contributed by atoms with Crippen molar-refractivity contribution in [1.82, 2.24) is 0 Å². The molecule has 4 nitrogen and oxygen atoms in total. The summed E-state index contributed by atoms with van der Waals surface area (Å²) >= 11 is 0. The van der Waals surface area contributed by atoms with E-state index >= 15 is 0 Å². The van der Waals surface area contributed by atoms with Crippen molar-refractivity contribution in [1.29, 1.82) is 0 Å². The van der Waals surface area contributed by atoms with E-state index in [4.69, 9.17) is 4.74 Å². The molecular weight excluding hydrogens is 400 g/mol. The molecule has 160 valence electrons. The summed E-state index contributed by atoms with van der Waals surface area (Å²) in [6.07, 6.45) is 2.78. The molecule has 0 unspecified atom stereocenters. The first kappa shape index (κ1) is 20.0. The van der Waals surface area contributed by atoms with Crippen LogP contribution in [0.5, 0.6) is 28.7 Å². The molecule has 8 rings (SSSR count). The average molecular weight is 424 g/mol. The number of hydrogen-bond acceptors (Lipinski definition) is 4. The molecule has 0 spiro atoms. The van der Waals surface area contributed by atoms with Gasteiger partial charge in [-0.3, -0.25) is 0 Å². The summed E-state index contributed by atoms with van der Waals surface area (Å²) in [5, 5.41) is 31.4. The third-order valence-electron chi connectivity index (χ3n) is 6.00. The zero-order valence-corrected chi connectivity index (χ0v) is 17.6. The van der Waals surface area contributed by atoms with Gasteiger partial charge < -0.3 is 20.1 Å². The molecule has 4 heteroatoms. The molecule has 0 fully saturated rings. The Bertz CT molecular complexity index is 1290. The minimum absolute atomic E-state index is 0.175. The Morgan fingerprint density at radius 2 is 1.28 bits per heavy atom. The molecule has 6 bridgehead atoms. The highest BCUT2D eigenvalue weighted by molar-refractivity contribution is 5.74. The van der Waals surface area contributed by atoms with Crippen LogP contribution in [0.25, 0.3) is 11.1 Å². The fourth-order valence-electron chi connectivity index (χ4n) is 4.29. The van der Waals surface area contributed by atoms with Gasteiger partial charge in [0.05, 0.1) is 0 Å². The Morgan fingerprint density at radius 3 is 2.09 bits per heavy atom. The third-order valence-corrected chi connectivity index (χ3v) is 6.00.